The molecule has 0 radical (unpaired) electrons. The molecule has 6 aromatic carbocycles. The Bertz CT molecular complexity index is 2130. The average Bonchev–Trinajstić information content (AvgIpc) is 2.98. The Hall–Kier alpha value is -5.08. The Balaban J connectivity index is 1.63. The maximum Gasteiger partial charge on any atom is 0.0722 e. The first kappa shape index (κ1) is 21.0. The molecular weight excluding hydrogens is 460 g/mol. The minimum Gasteiger partial charge on any atom is -0.248 e. The van der Waals surface area contributed by atoms with E-state index in [0.717, 1.165) is 38.2 Å². The molecule has 0 aliphatic heterocycles. The van der Waals surface area contributed by atoms with Gasteiger partial charge in [0.05, 0.1) is 22.1 Å². The second-order valence-electron chi connectivity index (χ2n) is 9.75. The molecule has 0 amide bonds. The average molecular weight is 483 g/mol. The summed E-state index contributed by atoms with van der Waals surface area (Å²) in [5, 5.41) is 7.10. The molecule has 0 unspecified atom stereocenters. The van der Waals surface area contributed by atoms with Crippen LogP contribution >= 0.6 is 0 Å². The predicted molar refractivity (Wildman–Crippen MR) is 160 cm³/mol. The van der Waals surface area contributed by atoms with Crippen molar-refractivity contribution in [3.8, 4) is 22.3 Å². The number of hydrogen-bond donors (Lipinski definition) is 0. The van der Waals surface area contributed by atoms with Gasteiger partial charge < -0.3 is 0 Å². The Morgan fingerprint density at radius 1 is 0.316 bits per heavy atom. The van der Waals surface area contributed by atoms with Crippen LogP contribution in [0.2, 0.25) is 0 Å². The number of aromatic nitrogens is 2. The van der Waals surface area contributed by atoms with Crippen LogP contribution in [-0.4, -0.2) is 9.97 Å². The quantitative estimate of drug-likeness (QED) is 0.229. The first-order valence-electron chi connectivity index (χ1n) is 12.9. The summed E-state index contributed by atoms with van der Waals surface area (Å²) < 4.78 is 0. The standard InChI is InChI=1S/C36H22N2/c1-2-13-24-23(11-1)12-9-17-25(24)35-28-16-5-8-21-32(28)38-33-22-10-18-29(36(33)35)34-26-14-3-6-19-30(26)37-31-20-7-4-15-27(31)34/h1-22H. The summed E-state index contributed by atoms with van der Waals surface area (Å²) >= 11 is 0. The maximum atomic E-state index is 5.17. The molecule has 2 aromatic heterocycles. The van der Waals surface area contributed by atoms with E-state index in [0.29, 0.717) is 0 Å². The first-order chi connectivity index (χ1) is 18.9. The van der Waals surface area contributed by atoms with E-state index < -0.39 is 0 Å². The summed E-state index contributed by atoms with van der Waals surface area (Å²) in [6.45, 7) is 0. The highest BCUT2D eigenvalue weighted by Gasteiger charge is 2.20. The molecule has 0 saturated carbocycles. The molecule has 0 N–H and O–H groups in total. The van der Waals surface area contributed by atoms with E-state index in [1.165, 1.54) is 38.4 Å². The minimum atomic E-state index is 0.995. The van der Waals surface area contributed by atoms with E-state index in [9.17, 15) is 0 Å². The zero-order chi connectivity index (χ0) is 25.1. The van der Waals surface area contributed by atoms with Crippen molar-refractivity contribution in [3.63, 3.8) is 0 Å². The summed E-state index contributed by atoms with van der Waals surface area (Å²) in [6.07, 6.45) is 0. The predicted octanol–water partition coefficient (Wildman–Crippen LogP) is 9.58. The molecule has 8 aromatic rings. The lowest BCUT2D eigenvalue weighted by Crippen LogP contribution is -1.95. The second kappa shape index (κ2) is 8.22. The molecule has 176 valence electrons. The normalized spacial score (nSPS) is 11.7. The van der Waals surface area contributed by atoms with E-state index in [1.807, 2.05) is 0 Å². The van der Waals surface area contributed by atoms with Crippen molar-refractivity contribution >= 4 is 54.4 Å². The molecular formula is C36H22N2. The second-order valence-corrected chi connectivity index (χ2v) is 9.75. The lowest BCUT2D eigenvalue weighted by Gasteiger charge is -2.18. The zero-order valence-electron chi connectivity index (χ0n) is 20.6. The van der Waals surface area contributed by atoms with Gasteiger partial charge >= 0.3 is 0 Å². The molecule has 0 fully saturated rings. The van der Waals surface area contributed by atoms with Gasteiger partial charge in [-0.15, -0.1) is 0 Å². The molecule has 2 nitrogen and oxygen atoms in total. The summed E-state index contributed by atoms with van der Waals surface area (Å²) in [7, 11) is 0. The topological polar surface area (TPSA) is 25.8 Å². The van der Waals surface area contributed by atoms with Crippen LogP contribution < -0.4 is 0 Å². The molecule has 2 heteroatoms. The third-order valence-corrected chi connectivity index (χ3v) is 7.62. The molecule has 0 spiro atoms. The number of fused-ring (bicyclic) bond motifs is 5. The van der Waals surface area contributed by atoms with Crippen LogP contribution in [-0.2, 0) is 0 Å². The fraction of sp³-hybridized carbons (Fsp3) is 0. The van der Waals surface area contributed by atoms with Crippen LogP contribution in [0, 0.1) is 0 Å². The molecule has 0 saturated heterocycles. The third kappa shape index (κ3) is 3.07. The van der Waals surface area contributed by atoms with Gasteiger partial charge in [-0.25, -0.2) is 9.97 Å². The Labute approximate surface area is 219 Å². The molecule has 8 rings (SSSR count). The van der Waals surface area contributed by atoms with Crippen molar-refractivity contribution in [2.75, 3.05) is 0 Å². The van der Waals surface area contributed by atoms with Crippen LogP contribution in [0.15, 0.2) is 133 Å². The van der Waals surface area contributed by atoms with Crippen LogP contribution in [0.25, 0.3) is 76.6 Å². The number of nitrogens with zero attached hydrogens (tertiary/aromatic N) is 2. The van der Waals surface area contributed by atoms with Crippen molar-refractivity contribution in [1.29, 1.82) is 0 Å². The largest absolute Gasteiger partial charge is 0.248 e. The van der Waals surface area contributed by atoms with Gasteiger partial charge in [-0.05, 0) is 46.2 Å². The number of para-hydroxylation sites is 3. The van der Waals surface area contributed by atoms with E-state index in [1.54, 1.807) is 0 Å². The van der Waals surface area contributed by atoms with Crippen molar-refractivity contribution in [2.24, 2.45) is 0 Å². The SMILES string of the molecule is c1ccc2c(-c3c4ccccc4nc4cccc(-c5c6ccccc6nc6ccccc56)c34)cccc2c1. The summed E-state index contributed by atoms with van der Waals surface area (Å²) in [5.74, 6) is 0. The van der Waals surface area contributed by atoms with Crippen molar-refractivity contribution in [2.45, 2.75) is 0 Å². The van der Waals surface area contributed by atoms with Crippen LogP contribution in [0.4, 0.5) is 0 Å². The van der Waals surface area contributed by atoms with Gasteiger partial charge in [-0.1, -0.05) is 109 Å². The van der Waals surface area contributed by atoms with E-state index in [2.05, 4.69) is 133 Å². The van der Waals surface area contributed by atoms with Gasteiger partial charge in [0.15, 0.2) is 0 Å². The Kier molecular flexibility index (Phi) is 4.55. The number of hydrogen-bond acceptors (Lipinski definition) is 2. The Morgan fingerprint density at radius 3 is 1.45 bits per heavy atom. The lowest BCUT2D eigenvalue weighted by molar-refractivity contribution is 1.48. The molecule has 0 aliphatic carbocycles. The molecule has 38 heavy (non-hydrogen) atoms. The van der Waals surface area contributed by atoms with Crippen LogP contribution in [0.1, 0.15) is 0 Å². The monoisotopic (exact) mass is 482 g/mol. The number of benzene rings is 6. The third-order valence-electron chi connectivity index (χ3n) is 7.62. The molecule has 0 bridgehead atoms. The molecule has 0 atom stereocenters. The van der Waals surface area contributed by atoms with Crippen molar-refractivity contribution in [1.82, 2.24) is 9.97 Å². The van der Waals surface area contributed by atoms with Crippen LogP contribution in [0.5, 0.6) is 0 Å². The van der Waals surface area contributed by atoms with Gasteiger partial charge in [0.1, 0.15) is 0 Å². The summed E-state index contributed by atoms with van der Waals surface area (Å²) in [6, 6.07) is 47.2. The fourth-order valence-electron chi connectivity index (χ4n) is 6.00. The van der Waals surface area contributed by atoms with Gasteiger partial charge in [0.25, 0.3) is 0 Å². The highest BCUT2D eigenvalue weighted by Crippen LogP contribution is 2.45. The van der Waals surface area contributed by atoms with Crippen molar-refractivity contribution in [3.05, 3.63) is 133 Å². The first-order valence-corrected chi connectivity index (χ1v) is 12.9. The Morgan fingerprint density at radius 2 is 0.763 bits per heavy atom. The maximum absolute atomic E-state index is 5.17. The molecule has 2 heterocycles. The smallest absolute Gasteiger partial charge is 0.0722 e. The highest BCUT2D eigenvalue weighted by molar-refractivity contribution is 6.22. The highest BCUT2D eigenvalue weighted by atomic mass is 14.7. The zero-order valence-corrected chi connectivity index (χ0v) is 20.6. The van der Waals surface area contributed by atoms with E-state index >= 15 is 0 Å². The molecule has 0 aliphatic rings. The van der Waals surface area contributed by atoms with E-state index in [-0.39, 0.29) is 0 Å². The summed E-state index contributed by atoms with van der Waals surface area (Å²) in [4.78, 5) is 10.2. The number of pyridine rings is 2. The van der Waals surface area contributed by atoms with Gasteiger partial charge in [0, 0.05) is 32.7 Å². The lowest BCUT2D eigenvalue weighted by atomic mass is 9.87. The summed E-state index contributed by atoms with van der Waals surface area (Å²) in [5.41, 5.74) is 8.83. The van der Waals surface area contributed by atoms with E-state index in [4.69, 9.17) is 9.97 Å². The minimum absolute atomic E-state index is 0.995. The van der Waals surface area contributed by atoms with Crippen LogP contribution in [0.3, 0.4) is 0 Å². The fourth-order valence-corrected chi connectivity index (χ4v) is 6.00. The van der Waals surface area contributed by atoms with Crippen molar-refractivity contribution < 1.29 is 0 Å². The number of rotatable bonds is 2. The van der Waals surface area contributed by atoms with Gasteiger partial charge in [-0.3, -0.25) is 0 Å². The van der Waals surface area contributed by atoms with Gasteiger partial charge in [-0.2, -0.15) is 0 Å². The van der Waals surface area contributed by atoms with Gasteiger partial charge in [0.2, 0.25) is 0 Å².